The lowest BCUT2D eigenvalue weighted by atomic mass is 10.3. The summed E-state index contributed by atoms with van der Waals surface area (Å²) in [5.74, 6) is 2.09. The molecule has 0 aromatic carbocycles. The third kappa shape index (κ3) is 5.60. The van der Waals surface area contributed by atoms with Gasteiger partial charge in [0.25, 0.3) is 11.8 Å². The molecule has 11 heteroatoms. The molecule has 4 rings (SSSR count). The van der Waals surface area contributed by atoms with Gasteiger partial charge in [0.2, 0.25) is 0 Å². The zero-order valence-electron chi connectivity index (χ0n) is 17.1. The monoisotopic (exact) mass is 537 g/mol. The third-order valence-electron chi connectivity index (χ3n) is 4.79. The maximum atomic E-state index is 12.4. The number of aromatic nitrogens is 3. The van der Waals surface area contributed by atoms with E-state index in [0.717, 1.165) is 5.96 Å². The molecule has 3 aromatic heterocycles. The summed E-state index contributed by atoms with van der Waals surface area (Å²) < 4.78 is 10.5. The molecule has 0 saturated carbocycles. The number of hydrogen-bond donors (Lipinski definition) is 1. The number of piperazine rings is 1. The minimum absolute atomic E-state index is 0. The molecule has 1 fully saturated rings. The van der Waals surface area contributed by atoms with Gasteiger partial charge in [0.15, 0.2) is 17.5 Å². The number of nitrogens with zero attached hydrogens (tertiary/aromatic N) is 6. The molecule has 1 saturated heterocycles. The average Bonchev–Trinajstić information content (AvgIpc) is 3.50. The van der Waals surface area contributed by atoms with Gasteiger partial charge in [-0.2, -0.15) is 4.98 Å². The van der Waals surface area contributed by atoms with Gasteiger partial charge in [0.05, 0.1) is 6.26 Å². The third-order valence-corrected chi connectivity index (χ3v) is 4.79. The van der Waals surface area contributed by atoms with Gasteiger partial charge in [0.1, 0.15) is 5.69 Å². The molecule has 0 bridgehead atoms. The Morgan fingerprint density at radius 3 is 2.65 bits per heavy atom. The fourth-order valence-corrected chi connectivity index (χ4v) is 3.24. The topological polar surface area (TPSA) is 113 Å². The molecule has 0 aliphatic carbocycles. The van der Waals surface area contributed by atoms with E-state index in [4.69, 9.17) is 8.94 Å². The van der Waals surface area contributed by atoms with Crippen molar-refractivity contribution in [2.45, 2.75) is 6.42 Å². The standard InChI is InChI=1S/C20H23N7O3.HI/c1-21-20(27-12-10-26(11-13-27)19(28)16-6-4-14-29-16)23-9-7-17-24-18(30-25-17)15-5-2-3-8-22-15;/h2-6,8,14H,7,9-13H2,1H3,(H,21,23);1H. The summed E-state index contributed by atoms with van der Waals surface area (Å²) in [6.45, 7) is 3.22. The highest BCUT2D eigenvalue weighted by Gasteiger charge is 2.25. The molecule has 1 aliphatic rings. The van der Waals surface area contributed by atoms with Crippen LogP contribution in [0.5, 0.6) is 0 Å². The Morgan fingerprint density at radius 2 is 1.97 bits per heavy atom. The van der Waals surface area contributed by atoms with Crippen molar-refractivity contribution in [2.75, 3.05) is 39.8 Å². The molecule has 4 heterocycles. The van der Waals surface area contributed by atoms with Crippen molar-refractivity contribution < 1.29 is 13.7 Å². The second kappa shape index (κ2) is 10.9. The van der Waals surface area contributed by atoms with Crippen molar-refractivity contribution in [3.8, 4) is 11.6 Å². The zero-order valence-corrected chi connectivity index (χ0v) is 19.4. The number of carbonyl (C=O) groups excluding carboxylic acids is 1. The van der Waals surface area contributed by atoms with Crippen LogP contribution in [0.1, 0.15) is 16.4 Å². The summed E-state index contributed by atoms with van der Waals surface area (Å²) in [7, 11) is 1.75. The van der Waals surface area contributed by atoms with Crippen molar-refractivity contribution in [1.82, 2.24) is 30.2 Å². The first kappa shape index (κ1) is 22.7. The molecule has 0 spiro atoms. The van der Waals surface area contributed by atoms with Crippen LogP contribution >= 0.6 is 24.0 Å². The molecule has 31 heavy (non-hydrogen) atoms. The summed E-state index contributed by atoms with van der Waals surface area (Å²) in [5.41, 5.74) is 0.655. The number of nitrogens with one attached hydrogen (secondary N) is 1. The second-order valence-electron chi connectivity index (χ2n) is 6.71. The lowest BCUT2D eigenvalue weighted by Gasteiger charge is -2.36. The van der Waals surface area contributed by atoms with E-state index in [2.05, 4.69) is 30.3 Å². The van der Waals surface area contributed by atoms with Crippen LogP contribution in [0.4, 0.5) is 0 Å². The van der Waals surface area contributed by atoms with Crippen LogP contribution in [0.2, 0.25) is 0 Å². The summed E-state index contributed by atoms with van der Waals surface area (Å²) in [4.78, 5) is 29.2. The number of rotatable bonds is 5. The van der Waals surface area contributed by atoms with Crippen molar-refractivity contribution in [3.63, 3.8) is 0 Å². The summed E-state index contributed by atoms with van der Waals surface area (Å²) in [6, 6.07) is 8.95. The van der Waals surface area contributed by atoms with Gasteiger partial charge in [-0.05, 0) is 24.3 Å². The fourth-order valence-electron chi connectivity index (χ4n) is 3.24. The molecule has 3 aromatic rings. The van der Waals surface area contributed by atoms with Crippen LogP contribution in [-0.2, 0) is 6.42 Å². The Hall–Kier alpha value is -2.96. The molecular formula is C20H24IN7O3. The number of halogens is 1. The van der Waals surface area contributed by atoms with E-state index in [1.807, 2.05) is 18.2 Å². The minimum Gasteiger partial charge on any atom is -0.459 e. The number of amides is 1. The molecule has 1 aliphatic heterocycles. The largest absolute Gasteiger partial charge is 0.459 e. The minimum atomic E-state index is -0.0802. The maximum Gasteiger partial charge on any atom is 0.289 e. The molecule has 1 amide bonds. The summed E-state index contributed by atoms with van der Waals surface area (Å²) in [6.07, 6.45) is 3.79. The molecule has 0 unspecified atom stereocenters. The molecular weight excluding hydrogens is 513 g/mol. The number of pyridine rings is 1. The van der Waals surface area contributed by atoms with Crippen molar-refractivity contribution in [2.24, 2.45) is 4.99 Å². The Labute approximate surface area is 196 Å². The fraction of sp³-hybridized carbons (Fsp3) is 0.350. The van der Waals surface area contributed by atoms with E-state index in [9.17, 15) is 4.79 Å². The zero-order chi connectivity index (χ0) is 20.8. The lowest BCUT2D eigenvalue weighted by Crippen LogP contribution is -2.54. The Kier molecular flexibility index (Phi) is 7.98. The highest BCUT2D eigenvalue weighted by Crippen LogP contribution is 2.13. The predicted molar refractivity (Wildman–Crippen MR) is 124 cm³/mol. The van der Waals surface area contributed by atoms with Gasteiger partial charge in [0, 0.05) is 52.4 Å². The van der Waals surface area contributed by atoms with Crippen LogP contribution in [0.15, 0.2) is 56.7 Å². The van der Waals surface area contributed by atoms with Gasteiger partial charge in [-0.1, -0.05) is 11.2 Å². The van der Waals surface area contributed by atoms with Crippen molar-refractivity contribution in [3.05, 3.63) is 54.4 Å². The van der Waals surface area contributed by atoms with E-state index in [-0.39, 0.29) is 29.9 Å². The van der Waals surface area contributed by atoms with Crippen LogP contribution in [-0.4, -0.2) is 76.6 Å². The van der Waals surface area contributed by atoms with E-state index in [1.165, 1.54) is 6.26 Å². The SMILES string of the molecule is CN=C(NCCc1noc(-c2ccccn2)n1)N1CCN(C(=O)c2ccco2)CC1.I. The van der Waals surface area contributed by atoms with Crippen LogP contribution in [0.3, 0.4) is 0 Å². The smallest absolute Gasteiger partial charge is 0.289 e. The van der Waals surface area contributed by atoms with Crippen LogP contribution in [0.25, 0.3) is 11.6 Å². The van der Waals surface area contributed by atoms with Crippen LogP contribution < -0.4 is 5.32 Å². The highest BCUT2D eigenvalue weighted by molar-refractivity contribution is 14.0. The first-order valence-electron chi connectivity index (χ1n) is 9.77. The van der Waals surface area contributed by atoms with E-state index >= 15 is 0 Å². The second-order valence-corrected chi connectivity index (χ2v) is 6.71. The van der Waals surface area contributed by atoms with Gasteiger partial charge >= 0.3 is 0 Å². The summed E-state index contributed by atoms with van der Waals surface area (Å²) in [5, 5.41) is 7.33. The number of aliphatic imine (C=N–C) groups is 1. The van der Waals surface area contributed by atoms with Gasteiger partial charge in [-0.25, -0.2) is 0 Å². The normalized spacial score (nSPS) is 14.3. The molecule has 10 nitrogen and oxygen atoms in total. The molecule has 0 radical (unpaired) electrons. The average molecular weight is 537 g/mol. The number of furan rings is 1. The van der Waals surface area contributed by atoms with Gasteiger partial charge in [-0.3, -0.25) is 14.8 Å². The predicted octanol–water partition coefficient (Wildman–Crippen LogP) is 1.92. The van der Waals surface area contributed by atoms with Crippen molar-refractivity contribution >= 4 is 35.8 Å². The number of hydrogen-bond acceptors (Lipinski definition) is 7. The first-order chi connectivity index (χ1) is 14.7. The van der Waals surface area contributed by atoms with E-state index in [1.54, 1.807) is 30.3 Å². The summed E-state index contributed by atoms with van der Waals surface area (Å²) >= 11 is 0. The van der Waals surface area contributed by atoms with E-state index < -0.39 is 0 Å². The lowest BCUT2D eigenvalue weighted by molar-refractivity contribution is 0.0658. The molecule has 164 valence electrons. The van der Waals surface area contributed by atoms with Crippen molar-refractivity contribution in [1.29, 1.82) is 0 Å². The highest BCUT2D eigenvalue weighted by atomic mass is 127. The molecule has 1 N–H and O–H groups in total. The first-order valence-corrected chi connectivity index (χ1v) is 9.77. The maximum absolute atomic E-state index is 12.4. The Morgan fingerprint density at radius 1 is 1.16 bits per heavy atom. The molecule has 0 atom stereocenters. The van der Waals surface area contributed by atoms with Gasteiger partial charge < -0.3 is 24.1 Å². The quantitative estimate of drug-likeness (QED) is 0.299. The Bertz CT molecular complexity index is 983. The number of carbonyl (C=O) groups is 1. The van der Waals surface area contributed by atoms with Gasteiger partial charge in [-0.15, -0.1) is 24.0 Å². The van der Waals surface area contributed by atoms with Crippen LogP contribution in [0, 0.1) is 0 Å². The Balaban J connectivity index is 0.00000272. The van der Waals surface area contributed by atoms with E-state index in [0.29, 0.717) is 62.3 Å². The number of guanidine groups is 1.